The summed E-state index contributed by atoms with van der Waals surface area (Å²) in [6.45, 7) is 2.24. The Morgan fingerprint density at radius 3 is 1.44 bits per heavy atom. The smallest absolute Gasteiger partial charge is 0.278 e. The molecule has 8 nitrogen and oxygen atoms in total. The van der Waals surface area contributed by atoms with Crippen LogP contribution in [-0.2, 0) is 22.7 Å². The lowest BCUT2D eigenvalue weighted by atomic mass is 9.82. The van der Waals surface area contributed by atoms with Crippen LogP contribution in [0.5, 0.6) is 0 Å². The van der Waals surface area contributed by atoms with Crippen molar-refractivity contribution in [2.45, 2.75) is 83.0 Å². The number of carbonyl (C=O) groups is 2. The molecule has 0 radical (unpaired) electrons. The minimum atomic E-state index is -0.645. The third-order valence-corrected chi connectivity index (χ3v) is 11.2. The lowest BCUT2D eigenvalue weighted by Gasteiger charge is -2.56. The summed E-state index contributed by atoms with van der Waals surface area (Å²) in [7, 11) is 0. The minimum absolute atomic E-state index is 0.167. The van der Waals surface area contributed by atoms with Gasteiger partial charge in [-0.3, -0.25) is 9.59 Å². The predicted octanol–water partition coefficient (Wildman–Crippen LogP) is 5.02. The van der Waals surface area contributed by atoms with E-state index in [2.05, 4.69) is 10.6 Å². The van der Waals surface area contributed by atoms with Crippen LogP contribution in [0.4, 0.5) is 0 Å². The predicted molar refractivity (Wildman–Crippen MR) is 166 cm³/mol. The van der Waals surface area contributed by atoms with E-state index in [0.29, 0.717) is 69.1 Å². The summed E-state index contributed by atoms with van der Waals surface area (Å²) in [5, 5.41) is 35.2. The molecule has 2 aliphatic heterocycles. The highest BCUT2D eigenvalue weighted by molar-refractivity contribution is 5.81. The highest BCUT2D eigenvalue weighted by Gasteiger charge is 2.50. The van der Waals surface area contributed by atoms with Crippen LogP contribution in [0.25, 0.3) is 0 Å². The Bertz CT molecular complexity index is 1150. The molecular formula is C35H48N4O4. The number of nitrogens with one attached hydrogen (secondary N) is 2. The Morgan fingerprint density at radius 1 is 0.628 bits per heavy atom. The van der Waals surface area contributed by atoms with E-state index in [4.69, 9.17) is 0 Å². The number of hydrogen-bond donors (Lipinski definition) is 2. The normalized spacial score (nSPS) is 35.1. The van der Waals surface area contributed by atoms with Crippen molar-refractivity contribution in [2.24, 2.45) is 23.7 Å². The fourth-order valence-corrected chi connectivity index (χ4v) is 8.88. The van der Waals surface area contributed by atoms with Gasteiger partial charge in [-0.1, -0.05) is 73.5 Å². The van der Waals surface area contributed by atoms with Crippen LogP contribution in [0.2, 0.25) is 0 Å². The number of rotatable bonds is 10. The number of quaternary nitrogens is 2. The zero-order valence-electron chi connectivity index (χ0n) is 25.4. The quantitative estimate of drug-likeness (QED) is 0.301. The average molecular weight is 589 g/mol. The Morgan fingerprint density at radius 2 is 1.02 bits per heavy atom. The second-order valence-corrected chi connectivity index (χ2v) is 13.9. The van der Waals surface area contributed by atoms with Gasteiger partial charge in [-0.2, -0.15) is 0 Å². The van der Waals surface area contributed by atoms with Gasteiger partial charge in [0.2, 0.25) is 0 Å². The Balaban J connectivity index is 1.13. The third-order valence-electron chi connectivity index (χ3n) is 11.2. The van der Waals surface area contributed by atoms with Crippen LogP contribution >= 0.6 is 0 Å². The molecular weight excluding hydrogens is 540 g/mol. The standard InChI is InChI=1S/C35H48N4O4/c40-34(36-22-26-10-3-1-4-11-26)32-20-28-14-7-16-30(28)24-38(32,42)18-9-19-39(43)25-31-17-8-15-29(31)21-33(39)35(41)37-23-27-12-5-2-6-13-27/h1-6,10-13,28-33H,7-9,14-25H2,(H,36,40)(H,37,41)/t28-,29-,30+,31+,32-,33-,38?,39?/m0/s1. The van der Waals surface area contributed by atoms with Gasteiger partial charge < -0.3 is 30.3 Å². The summed E-state index contributed by atoms with van der Waals surface area (Å²) in [4.78, 5) is 27.0. The Kier molecular flexibility index (Phi) is 9.19. The maximum absolute atomic E-state index is 14.5. The van der Waals surface area contributed by atoms with Crippen LogP contribution in [0.3, 0.4) is 0 Å². The van der Waals surface area contributed by atoms with E-state index < -0.39 is 21.4 Å². The lowest BCUT2D eigenvalue weighted by molar-refractivity contribution is -0.924. The van der Waals surface area contributed by atoms with Crippen LogP contribution in [0.1, 0.15) is 68.9 Å². The Labute approximate surface area is 256 Å². The van der Waals surface area contributed by atoms with Crippen LogP contribution < -0.4 is 10.6 Å². The van der Waals surface area contributed by atoms with Crippen molar-refractivity contribution in [1.29, 1.82) is 0 Å². The van der Waals surface area contributed by atoms with Gasteiger partial charge in [0.1, 0.15) is 0 Å². The van der Waals surface area contributed by atoms with Gasteiger partial charge in [-0.25, -0.2) is 0 Å². The number of hydroxylamine groups is 6. The molecule has 2 aromatic carbocycles. The molecule has 232 valence electrons. The third kappa shape index (κ3) is 6.83. The van der Waals surface area contributed by atoms with Gasteiger partial charge in [0.05, 0.1) is 26.2 Å². The van der Waals surface area contributed by atoms with E-state index in [1.165, 1.54) is 0 Å². The van der Waals surface area contributed by atoms with Crippen molar-refractivity contribution in [3.8, 4) is 0 Å². The van der Waals surface area contributed by atoms with E-state index in [1.807, 2.05) is 60.7 Å². The second-order valence-electron chi connectivity index (χ2n) is 13.9. The molecule has 2 saturated carbocycles. The van der Waals surface area contributed by atoms with E-state index in [-0.39, 0.29) is 24.9 Å². The number of piperidine rings is 2. The lowest BCUT2D eigenvalue weighted by Crippen LogP contribution is -2.65. The van der Waals surface area contributed by atoms with Crippen molar-refractivity contribution in [2.75, 3.05) is 26.2 Å². The molecule has 0 aromatic heterocycles. The van der Waals surface area contributed by atoms with E-state index >= 15 is 0 Å². The molecule has 2 heterocycles. The maximum atomic E-state index is 14.5. The minimum Gasteiger partial charge on any atom is -0.632 e. The van der Waals surface area contributed by atoms with Crippen LogP contribution in [0, 0.1) is 34.1 Å². The first kappa shape index (κ1) is 30.3. The molecule has 4 aliphatic rings. The first-order chi connectivity index (χ1) is 20.8. The van der Waals surface area contributed by atoms with E-state index in [0.717, 1.165) is 49.7 Å². The molecule has 6 rings (SSSR count). The summed E-state index contributed by atoms with van der Waals surface area (Å²) in [5.74, 6) is 1.25. The van der Waals surface area contributed by atoms with Crippen molar-refractivity contribution in [3.63, 3.8) is 0 Å². The number of carbonyl (C=O) groups excluding carboxylic acids is 2. The van der Waals surface area contributed by atoms with Gasteiger partial charge >= 0.3 is 0 Å². The van der Waals surface area contributed by atoms with Crippen molar-refractivity contribution >= 4 is 11.8 Å². The van der Waals surface area contributed by atoms with E-state index in [9.17, 15) is 20.0 Å². The van der Waals surface area contributed by atoms with Gasteiger partial charge in [0, 0.05) is 44.2 Å². The number of nitrogens with zero attached hydrogens (tertiary/aromatic N) is 2. The molecule has 2 unspecified atom stereocenters. The highest BCUT2D eigenvalue weighted by Crippen LogP contribution is 2.45. The molecule has 0 bridgehead atoms. The number of fused-ring (bicyclic) bond motifs is 2. The topological polar surface area (TPSA) is 104 Å². The molecule has 4 fully saturated rings. The Hall–Kier alpha value is -2.78. The summed E-state index contributed by atoms with van der Waals surface area (Å²) < 4.78 is -1.09. The van der Waals surface area contributed by atoms with Crippen LogP contribution in [-0.4, -0.2) is 59.4 Å². The molecule has 2 N–H and O–H groups in total. The first-order valence-electron chi connectivity index (χ1n) is 16.6. The average Bonchev–Trinajstić information content (AvgIpc) is 3.67. The molecule has 0 spiro atoms. The largest absolute Gasteiger partial charge is 0.632 e. The SMILES string of the molecule is O=C(NCc1ccccc1)[C@@H]1C[C@@H]2CCC[C@@H]2C[N+]1([O-])CCC[N+]1([O-])C[C@H]2CCC[C@H]2C[C@H]1C(=O)NCc1ccccc1. The van der Waals surface area contributed by atoms with Crippen molar-refractivity contribution in [1.82, 2.24) is 10.6 Å². The summed E-state index contributed by atoms with van der Waals surface area (Å²) in [6.07, 6.45) is 8.21. The second kappa shape index (κ2) is 13.1. The molecule has 2 aliphatic carbocycles. The number of amides is 2. The molecule has 2 aromatic rings. The number of likely N-dealkylation sites (tertiary alicyclic amines) is 2. The zero-order valence-corrected chi connectivity index (χ0v) is 25.4. The molecule has 8 heteroatoms. The zero-order chi connectivity index (χ0) is 29.9. The highest BCUT2D eigenvalue weighted by atomic mass is 16.6. The molecule has 2 saturated heterocycles. The monoisotopic (exact) mass is 588 g/mol. The molecule has 2 amide bonds. The fourth-order valence-electron chi connectivity index (χ4n) is 8.88. The van der Waals surface area contributed by atoms with Crippen molar-refractivity contribution in [3.05, 3.63) is 82.2 Å². The molecule has 43 heavy (non-hydrogen) atoms. The van der Waals surface area contributed by atoms with E-state index in [1.54, 1.807) is 0 Å². The van der Waals surface area contributed by atoms with Gasteiger partial charge in [-0.05, 0) is 48.6 Å². The van der Waals surface area contributed by atoms with Crippen LogP contribution in [0.15, 0.2) is 60.7 Å². The summed E-state index contributed by atoms with van der Waals surface area (Å²) in [5.41, 5.74) is 2.03. The number of benzene rings is 2. The molecule has 8 atom stereocenters. The summed E-state index contributed by atoms with van der Waals surface area (Å²) >= 11 is 0. The summed E-state index contributed by atoms with van der Waals surface area (Å²) in [6, 6.07) is 18.3. The number of hydrogen-bond acceptors (Lipinski definition) is 4. The first-order valence-corrected chi connectivity index (χ1v) is 16.6. The van der Waals surface area contributed by atoms with Gasteiger partial charge in [-0.15, -0.1) is 0 Å². The fraction of sp³-hybridized carbons (Fsp3) is 0.600. The maximum Gasteiger partial charge on any atom is 0.278 e. The van der Waals surface area contributed by atoms with Gasteiger partial charge in [0.25, 0.3) is 11.8 Å². The van der Waals surface area contributed by atoms with Crippen molar-refractivity contribution < 1.29 is 18.9 Å². The van der Waals surface area contributed by atoms with Gasteiger partial charge in [0.15, 0.2) is 12.1 Å².